The van der Waals surface area contributed by atoms with Crippen LogP contribution >= 0.6 is 11.6 Å². The summed E-state index contributed by atoms with van der Waals surface area (Å²) in [7, 11) is 0. The molecule has 0 amide bonds. The van der Waals surface area contributed by atoms with Crippen molar-refractivity contribution >= 4 is 17.3 Å². The zero-order valence-electron chi connectivity index (χ0n) is 14.6. The second-order valence-corrected chi connectivity index (χ2v) is 6.56. The van der Waals surface area contributed by atoms with Crippen molar-refractivity contribution in [1.82, 2.24) is 0 Å². The summed E-state index contributed by atoms with van der Waals surface area (Å²) >= 11 is 5.81. The SMILES string of the molecule is Cc1c(COc2ccccc2Cc2ccc(Cl)cc2F)cccc1[N+](=O)[O-]. The van der Waals surface area contributed by atoms with Crippen LogP contribution < -0.4 is 4.74 Å². The van der Waals surface area contributed by atoms with Crippen molar-refractivity contribution in [3.05, 3.63) is 104 Å². The summed E-state index contributed by atoms with van der Waals surface area (Å²) in [5.74, 6) is 0.240. The molecule has 0 spiro atoms. The Balaban J connectivity index is 1.81. The Bertz CT molecular complexity index is 991. The second kappa shape index (κ2) is 8.18. The highest BCUT2D eigenvalue weighted by Gasteiger charge is 2.14. The average molecular weight is 386 g/mol. The molecule has 4 nitrogen and oxygen atoms in total. The Hall–Kier alpha value is -2.92. The van der Waals surface area contributed by atoms with Gasteiger partial charge in [-0.2, -0.15) is 0 Å². The van der Waals surface area contributed by atoms with E-state index < -0.39 is 4.92 Å². The van der Waals surface area contributed by atoms with E-state index in [0.29, 0.717) is 28.3 Å². The van der Waals surface area contributed by atoms with Crippen LogP contribution in [0.25, 0.3) is 0 Å². The minimum absolute atomic E-state index is 0.0626. The number of rotatable bonds is 6. The summed E-state index contributed by atoms with van der Waals surface area (Å²) in [5.41, 5.74) is 2.71. The molecule has 0 aliphatic carbocycles. The van der Waals surface area contributed by atoms with Crippen LogP contribution in [0.3, 0.4) is 0 Å². The fourth-order valence-electron chi connectivity index (χ4n) is 2.84. The monoisotopic (exact) mass is 385 g/mol. The third kappa shape index (κ3) is 4.44. The lowest BCUT2D eigenvalue weighted by Gasteiger charge is -2.13. The fourth-order valence-corrected chi connectivity index (χ4v) is 3.00. The first-order chi connectivity index (χ1) is 13.0. The van der Waals surface area contributed by atoms with E-state index in [1.807, 2.05) is 18.2 Å². The van der Waals surface area contributed by atoms with Crippen LogP contribution in [0.5, 0.6) is 5.75 Å². The van der Waals surface area contributed by atoms with Gasteiger partial charge in [-0.1, -0.05) is 48.0 Å². The lowest BCUT2D eigenvalue weighted by atomic mass is 10.0. The third-order valence-electron chi connectivity index (χ3n) is 4.37. The van der Waals surface area contributed by atoms with Gasteiger partial charge in [0.05, 0.1) is 4.92 Å². The molecular weight excluding hydrogens is 369 g/mol. The maximum Gasteiger partial charge on any atom is 0.272 e. The van der Waals surface area contributed by atoms with Crippen molar-refractivity contribution in [1.29, 1.82) is 0 Å². The maximum absolute atomic E-state index is 14.1. The van der Waals surface area contributed by atoms with E-state index in [9.17, 15) is 14.5 Å². The normalized spacial score (nSPS) is 10.6. The van der Waals surface area contributed by atoms with Gasteiger partial charge in [0.15, 0.2) is 0 Å². The van der Waals surface area contributed by atoms with Gasteiger partial charge in [-0.3, -0.25) is 10.1 Å². The maximum atomic E-state index is 14.1. The molecule has 0 bridgehead atoms. The highest BCUT2D eigenvalue weighted by molar-refractivity contribution is 6.30. The number of hydrogen-bond donors (Lipinski definition) is 0. The Morgan fingerprint density at radius 1 is 1.04 bits per heavy atom. The van der Waals surface area contributed by atoms with Crippen molar-refractivity contribution in [2.24, 2.45) is 0 Å². The van der Waals surface area contributed by atoms with Gasteiger partial charge in [-0.25, -0.2) is 4.39 Å². The summed E-state index contributed by atoms with van der Waals surface area (Å²) < 4.78 is 20.0. The Morgan fingerprint density at radius 2 is 1.78 bits per heavy atom. The number of ether oxygens (including phenoxy) is 1. The van der Waals surface area contributed by atoms with Gasteiger partial charge in [0.2, 0.25) is 0 Å². The quantitative estimate of drug-likeness (QED) is 0.394. The average Bonchev–Trinajstić information content (AvgIpc) is 2.64. The molecule has 0 heterocycles. The van der Waals surface area contributed by atoms with Crippen LogP contribution in [0, 0.1) is 22.9 Å². The van der Waals surface area contributed by atoms with Gasteiger partial charge in [0.1, 0.15) is 18.2 Å². The van der Waals surface area contributed by atoms with Gasteiger partial charge < -0.3 is 4.74 Å². The Labute approximate surface area is 161 Å². The minimum atomic E-state index is -0.407. The third-order valence-corrected chi connectivity index (χ3v) is 4.60. The number of halogens is 2. The lowest BCUT2D eigenvalue weighted by Crippen LogP contribution is -2.03. The first-order valence-corrected chi connectivity index (χ1v) is 8.71. The fraction of sp³-hybridized carbons (Fsp3) is 0.143. The molecule has 138 valence electrons. The summed E-state index contributed by atoms with van der Waals surface area (Å²) in [6, 6.07) is 16.8. The van der Waals surface area contributed by atoms with E-state index >= 15 is 0 Å². The summed E-state index contributed by atoms with van der Waals surface area (Å²) in [5, 5.41) is 11.4. The van der Waals surface area contributed by atoms with E-state index in [4.69, 9.17) is 16.3 Å². The van der Waals surface area contributed by atoms with Crippen LogP contribution in [0.15, 0.2) is 60.7 Å². The summed E-state index contributed by atoms with van der Waals surface area (Å²) in [4.78, 5) is 10.7. The zero-order valence-corrected chi connectivity index (χ0v) is 15.4. The smallest absolute Gasteiger partial charge is 0.272 e. The summed E-state index contributed by atoms with van der Waals surface area (Å²) in [6.07, 6.45) is 0.354. The molecule has 0 aliphatic rings. The molecule has 0 aliphatic heterocycles. The van der Waals surface area contributed by atoms with Crippen molar-refractivity contribution in [2.75, 3.05) is 0 Å². The molecule has 0 saturated carbocycles. The van der Waals surface area contributed by atoms with E-state index in [1.165, 1.54) is 12.1 Å². The Morgan fingerprint density at radius 3 is 2.52 bits per heavy atom. The predicted molar refractivity (Wildman–Crippen MR) is 103 cm³/mol. The minimum Gasteiger partial charge on any atom is -0.489 e. The van der Waals surface area contributed by atoms with Crippen LogP contribution in [0.2, 0.25) is 5.02 Å². The van der Waals surface area contributed by atoms with Crippen molar-refractivity contribution in [2.45, 2.75) is 20.0 Å². The molecule has 0 radical (unpaired) electrons. The van der Waals surface area contributed by atoms with E-state index in [1.54, 1.807) is 37.3 Å². The van der Waals surface area contributed by atoms with Gasteiger partial charge in [-0.15, -0.1) is 0 Å². The largest absolute Gasteiger partial charge is 0.489 e. The van der Waals surface area contributed by atoms with E-state index in [2.05, 4.69) is 0 Å². The Kier molecular flexibility index (Phi) is 5.72. The van der Waals surface area contributed by atoms with Gasteiger partial charge in [0.25, 0.3) is 5.69 Å². The first-order valence-electron chi connectivity index (χ1n) is 8.33. The molecule has 6 heteroatoms. The molecule has 3 aromatic carbocycles. The van der Waals surface area contributed by atoms with E-state index in [-0.39, 0.29) is 18.1 Å². The molecule has 3 aromatic rings. The topological polar surface area (TPSA) is 52.4 Å². The van der Waals surface area contributed by atoms with Crippen LogP contribution in [-0.2, 0) is 13.0 Å². The van der Waals surface area contributed by atoms with Gasteiger partial charge in [-0.05, 0) is 41.8 Å². The molecule has 0 aromatic heterocycles. The number of nitro groups is 1. The predicted octanol–water partition coefficient (Wildman–Crippen LogP) is 5.87. The van der Waals surface area contributed by atoms with Crippen molar-refractivity contribution in [3.63, 3.8) is 0 Å². The number of para-hydroxylation sites is 1. The lowest BCUT2D eigenvalue weighted by molar-refractivity contribution is -0.385. The van der Waals surface area contributed by atoms with Crippen molar-refractivity contribution < 1.29 is 14.1 Å². The van der Waals surface area contributed by atoms with Crippen molar-refractivity contribution in [3.8, 4) is 5.75 Å². The number of hydrogen-bond acceptors (Lipinski definition) is 3. The molecule has 0 fully saturated rings. The molecule has 27 heavy (non-hydrogen) atoms. The highest BCUT2D eigenvalue weighted by atomic mass is 35.5. The number of benzene rings is 3. The number of nitro benzene ring substituents is 1. The summed E-state index contributed by atoms with van der Waals surface area (Å²) in [6.45, 7) is 1.89. The first kappa shape index (κ1) is 18.9. The highest BCUT2D eigenvalue weighted by Crippen LogP contribution is 2.27. The van der Waals surface area contributed by atoms with Gasteiger partial charge >= 0.3 is 0 Å². The second-order valence-electron chi connectivity index (χ2n) is 6.13. The van der Waals surface area contributed by atoms with Gasteiger partial charge in [0, 0.05) is 23.1 Å². The van der Waals surface area contributed by atoms with Crippen LogP contribution in [-0.4, -0.2) is 4.92 Å². The van der Waals surface area contributed by atoms with Crippen LogP contribution in [0.4, 0.5) is 10.1 Å². The molecule has 0 saturated heterocycles. The molecule has 0 N–H and O–H groups in total. The van der Waals surface area contributed by atoms with Crippen LogP contribution in [0.1, 0.15) is 22.3 Å². The molecule has 3 rings (SSSR count). The molecular formula is C21H17ClFNO3. The standard InChI is InChI=1S/C21H17ClFNO3/c1-14-17(6-4-7-20(14)24(25)26)13-27-21-8-3-2-5-16(21)11-15-9-10-18(22)12-19(15)23/h2-10,12H,11,13H2,1H3. The molecule has 0 unspecified atom stereocenters. The molecule has 0 atom stereocenters. The van der Waals surface area contributed by atoms with E-state index in [0.717, 1.165) is 11.1 Å². The number of nitrogens with zero attached hydrogens (tertiary/aromatic N) is 1. The zero-order chi connectivity index (χ0) is 19.4.